The van der Waals surface area contributed by atoms with Crippen molar-refractivity contribution in [3.8, 4) is 0 Å². The Morgan fingerprint density at radius 1 is 1.22 bits per heavy atom. The van der Waals surface area contributed by atoms with E-state index < -0.39 is 57.1 Å². The molecule has 2 rings (SSSR count). The van der Waals surface area contributed by atoms with E-state index in [0.717, 1.165) is 19.3 Å². The lowest BCUT2D eigenvalue weighted by molar-refractivity contribution is -0.205. The zero-order chi connectivity index (χ0) is 24.1. The van der Waals surface area contributed by atoms with Crippen molar-refractivity contribution in [3.63, 3.8) is 0 Å². The number of amides is 1. The summed E-state index contributed by atoms with van der Waals surface area (Å²) in [6.07, 6.45) is 1.62. The molecule has 0 radical (unpaired) electrons. The van der Waals surface area contributed by atoms with E-state index in [4.69, 9.17) is 16.3 Å². The Morgan fingerprint density at radius 3 is 2.50 bits per heavy atom. The average molecular weight is 517 g/mol. The highest BCUT2D eigenvalue weighted by Crippen LogP contribution is 2.30. The number of aliphatic hydroxyl groups excluding tert-OH is 3. The SMILES string of the molecule is CSC1O[C@H]([C@H](NC(=O)C2CC[C@H](CCCS(C)(=O)=O)CCN2)[C@H](C)Cl)[C@@H](O)C(O)[C@H]1O. The van der Waals surface area contributed by atoms with Gasteiger partial charge in [0.25, 0.3) is 0 Å². The summed E-state index contributed by atoms with van der Waals surface area (Å²) in [5.41, 5.74) is -0.753. The van der Waals surface area contributed by atoms with Gasteiger partial charge < -0.3 is 30.7 Å². The van der Waals surface area contributed by atoms with Crippen LogP contribution in [0.5, 0.6) is 0 Å². The summed E-state index contributed by atoms with van der Waals surface area (Å²) in [6.45, 7) is 2.32. The van der Waals surface area contributed by atoms with Gasteiger partial charge in [0.15, 0.2) is 0 Å². The van der Waals surface area contributed by atoms with Gasteiger partial charge in [0.2, 0.25) is 5.91 Å². The summed E-state index contributed by atoms with van der Waals surface area (Å²) in [5, 5.41) is 36.3. The first-order valence-electron chi connectivity index (χ1n) is 11.0. The summed E-state index contributed by atoms with van der Waals surface area (Å²) in [6, 6.07) is -1.22. The van der Waals surface area contributed by atoms with Gasteiger partial charge in [0.05, 0.1) is 17.5 Å². The van der Waals surface area contributed by atoms with Gasteiger partial charge in [-0.1, -0.05) is 0 Å². The minimum absolute atomic E-state index is 0.178. The number of ether oxygens (including phenoxy) is 1. The van der Waals surface area contributed by atoms with E-state index in [9.17, 15) is 28.5 Å². The van der Waals surface area contributed by atoms with Crippen molar-refractivity contribution < 1.29 is 33.3 Å². The fourth-order valence-electron chi connectivity index (χ4n) is 4.35. The zero-order valence-electron chi connectivity index (χ0n) is 18.8. The molecule has 2 heterocycles. The number of carbonyl (C=O) groups is 1. The minimum Gasteiger partial charge on any atom is -0.388 e. The fourth-order valence-corrected chi connectivity index (χ4v) is 5.92. The number of hydrogen-bond donors (Lipinski definition) is 5. The third-order valence-electron chi connectivity index (χ3n) is 6.25. The van der Waals surface area contributed by atoms with Gasteiger partial charge in [-0.3, -0.25) is 4.79 Å². The number of halogens is 1. The van der Waals surface area contributed by atoms with E-state index in [1.165, 1.54) is 18.0 Å². The van der Waals surface area contributed by atoms with E-state index in [-0.39, 0.29) is 11.7 Å². The van der Waals surface area contributed by atoms with Gasteiger partial charge in [-0.05, 0) is 57.7 Å². The molecule has 3 unspecified atom stereocenters. The summed E-state index contributed by atoms with van der Waals surface area (Å²) in [5.74, 6) is 0.265. The van der Waals surface area contributed by atoms with E-state index in [1.807, 2.05) is 0 Å². The van der Waals surface area contributed by atoms with Gasteiger partial charge in [-0.15, -0.1) is 23.4 Å². The van der Waals surface area contributed by atoms with Crippen LogP contribution in [0.15, 0.2) is 0 Å². The average Bonchev–Trinajstić information content (AvgIpc) is 2.95. The Kier molecular flexibility index (Phi) is 11.0. The molecule has 188 valence electrons. The molecule has 0 saturated carbocycles. The molecule has 32 heavy (non-hydrogen) atoms. The second kappa shape index (κ2) is 12.5. The smallest absolute Gasteiger partial charge is 0.237 e. The van der Waals surface area contributed by atoms with E-state index >= 15 is 0 Å². The summed E-state index contributed by atoms with van der Waals surface area (Å²) < 4.78 is 28.5. The molecule has 0 spiro atoms. The van der Waals surface area contributed by atoms with Crippen LogP contribution < -0.4 is 10.6 Å². The summed E-state index contributed by atoms with van der Waals surface area (Å²) >= 11 is 7.52. The van der Waals surface area contributed by atoms with E-state index in [0.29, 0.717) is 25.3 Å². The lowest BCUT2D eigenvalue weighted by atomic mass is 9.92. The van der Waals surface area contributed by atoms with Crippen LogP contribution in [0.4, 0.5) is 0 Å². The van der Waals surface area contributed by atoms with Gasteiger partial charge in [-0.25, -0.2) is 8.42 Å². The molecule has 2 aliphatic heterocycles. The fraction of sp³-hybridized carbons (Fsp3) is 0.950. The Hall–Kier alpha value is -0.140. The van der Waals surface area contributed by atoms with Crippen LogP contribution in [0.2, 0.25) is 0 Å². The number of carbonyl (C=O) groups excluding carboxylic acids is 1. The highest BCUT2D eigenvalue weighted by atomic mass is 35.5. The van der Waals surface area contributed by atoms with Crippen LogP contribution >= 0.6 is 23.4 Å². The first kappa shape index (κ1) is 28.1. The Labute approximate surface area is 199 Å². The maximum atomic E-state index is 13.0. The predicted molar refractivity (Wildman–Crippen MR) is 126 cm³/mol. The molecule has 1 amide bonds. The van der Waals surface area contributed by atoms with Crippen molar-refractivity contribution in [2.24, 2.45) is 5.92 Å². The molecule has 2 aliphatic rings. The lowest BCUT2D eigenvalue weighted by Crippen LogP contribution is -2.65. The molecule has 9 nitrogen and oxygen atoms in total. The van der Waals surface area contributed by atoms with Crippen LogP contribution in [0.25, 0.3) is 0 Å². The van der Waals surface area contributed by atoms with Gasteiger partial charge in [0, 0.05) is 12.0 Å². The number of alkyl halides is 1. The van der Waals surface area contributed by atoms with Crippen molar-refractivity contribution in [2.75, 3.05) is 24.8 Å². The third-order valence-corrected chi connectivity index (χ3v) is 8.40. The molecule has 5 N–H and O–H groups in total. The number of sulfone groups is 1. The predicted octanol–water partition coefficient (Wildman–Crippen LogP) is -0.148. The molecular formula is C20H37ClN2O7S2. The first-order valence-corrected chi connectivity index (χ1v) is 14.8. The largest absolute Gasteiger partial charge is 0.388 e. The maximum Gasteiger partial charge on any atom is 0.237 e. The lowest BCUT2D eigenvalue weighted by Gasteiger charge is -2.44. The molecular weight excluding hydrogens is 480 g/mol. The van der Waals surface area contributed by atoms with E-state index in [2.05, 4.69) is 10.6 Å². The van der Waals surface area contributed by atoms with Crippen LogP contribution in [0.1, 0.15) is 39.0 Å². The highest BCUT2D eigenvalue weighted by Gasteiger charge is 2.48. The number of hydrogen-bond acceptors (Lipinski definition) is 9. The molecule has 12 heteroatoms. The second-order valence-electron chi connectivity index (χ2n) is 8.90. The van der Waals surface area contributed by atoms with Gasteiger partial charge in [0.1, 0.15) is 39.7 Å². The molecule has 0 aromatic rings. The van der Waals surface area contributed by atoms with Crippen LogP contribution in [0.3, 0.4) is 0 Å². The van der Waals surface area contributed by atoms with Crippen molar-refractivity contribution >= 4 is 39.1 Å². The van der Waals surface area contributed by atoms with E-state index in [1.54, 1.807) is 13.2 Å². The normalized spacial score (nSPS) is 36.2. The monoisotopic (exact) mass is 516 g/mol. The Bertz CT molecular complexity index is 710. The molecule has 2 fully saturated rings. The second-order valence-corrected chi connectivity index (χ2v) is 12.8. The van der Waals surface area contributed by atoms with Crippen LogP contribution in [-0.4, -0.2) is 102 Å². The summed E-state index contributed by atoms with van der Waals surface area (Å²) in [4.78, 5) is 13.0. The standard InChI is InChI=1S/C20H37ClN2O7S2/c1-11(21)14(18-16(25)15(24)17(26)20(30-18)31-2)23-19(27)13-7-6-12(8-9-22-13)5-4-10-32(3,28)29/h11-18,20,22,24-26H,4-10H2,1-3H3,(H,23,27)/t11-,12-,13?,14+,15?,16-,17+,18+,20?/m0/s1. The number of nitrogens with one attached hydrogen (secondary N) is 2. The minimum atomic E-state index is -2.97. The van der Waals surface area contributed by atoms with Crippen LogP contribution in [-0.2, 0) is 19.4 Å². The van der Waals surface area contributed by atoms with Crippen molar-refractivity contribution in [3.05, 3.63) is 0 Å². The first-order chi connectivity index (χ1) is 14.9. The molecule has 0 aromatic carbocycles. The third kappa shape index (κ3) is 7.97. The van der Waals surface area contributed by atoms with Crippen molar-refractivity contribution in [1.29, 1.82) is 0 Å². The topological polar surface area (TPSA) is 145 Å². The summed E-state index contributed by atoms with van der Waals surface area (Å²) in [7, 11) is -2.97. The number of thioether (sulfide) groups is 1. The molecule has 2 saturated heterocycles. The molecule has 9 atom stereocenters. The van der Waals surface area contributed by atoms with Crippen molar-refractivity contribution in [2.45, 2.75) is 86.3 Å². The highest BCUT2D eigenvalue weighted by molar-refractivity contribution is 7.99. The Morgan fingerprint density at radius 2 is 1.91 bits per heavy atom. The Balaban J connectivity index is 1.96. The zero-order valence-corrected chi connectivity index (χ0v) is 21.2. The van der Waals surface area contributed by atoms with Crippen molar-refractivity contribution in [1.82, 2.24) is 10.6 Å². The molecule has 0 bridgehead atoms. The van der Waals surface area contributed by atoms with Gasteiger partial charge in [-0.2, -0.15) is 0 Å². The van der Waals surface area contributed by atoms with Gasteiger partial charge >= 0.3 is 0 Å². The maximum absolute atomic E-state index is 13.0. The quantitative estimate of drug-likeness (QED) is 0.264. The van der Waals surface area contributed by atoms with Crippen LogP contribution in [0, 0.1) is 5.92 Å². The number of rotatable bonds is 9. The molecule has 0 aromatic heterocycles. The molecule has 0 aliphatic carbocycles. The number of aliphatic hydroxyl groups is 3.